The zero-order chi connectivity index (χ0) is 6.85. The molecule has 0 atom stereocenters. The van der Waals surface area contributed by atoms with Gasteiger partial charge < -0.3 is 4.57 Å². The van der Waals surface area contributed by atoms with Crippen LogP contribution in [-0.4, -0.2) is 9.55 Å². The van der Waals surface area contributed by atoms with Crippen LogP contribution in [0.1, 0.15) is 11.5 Å². The number of imidazole rings is 1. The molecule has 0 unspecified atom stereocenters. The first-order chi connectivity index (χ1) is 4.24. The van der Waals surface area contributed by atoms with Crippen molar-refractivity contribution in [2.24, 2.45) is 7.05 Å². The van der Waals surface area contributed by atoms with Crippen LogP contribution in [0.25, 0.3) is 0 Å². The van der Waals surface area contributed by atoms with Gasteiger partial charge in [0.05, 0.1) is 11.6 Å². The Kier molecular flexibility index (Phi) is 3.76. The summed E-state index contributed by atoms with van der Waals surface area (Å²) in [6.07, 6.45) is 1.96. The molecule has 0 amide bonds. The van der Waals surface area contributed by atoms with Crippen LogP contribution >= 0.6 is 24.0 Å². The second-order valence-corrected chi connectivity index (χ2v) is 2.31. The van der Waals surface area contributed by atoms with Gasteiger partial charge in [0.1, 0.15) is 5.82 Å². The van der Waals surface area contributed by atoms with E-state index in [2.05, 4.69) is 4.98 Å². The molecule has 0 spiro atoms. The predicted molar refractivity (Wildman–Crippen MR) is 44.8 cm³/mol. The lowest BCUT2D eigenvalue weighted by atomic mass is 10.6. The minimum atomic E-state index is 0. The average Bonchev–Trinajstić information content (AvgIpc) is 2.10. The first-order valence-corrected chi connectivity index (χ1v) is 3.32. The smallest absolute Gasteiger partial charge is 0.123 e. The summed E-state index contributed by atoms with van der Waals surface area (Å²) < 4.78 is 1.93. The molecule has 0 bridgehead atoms. The fourth-order valence-electron chi connectivity index (χ4n) is 0.790. The van der Waals surface area contributed by atoms with Crippen molar-refractivity contribution in [1.82, 2.24) is 9.55 Å². The zero-order valence-electron chi connectivity index (χ0n) is 5.97. The lowest BCUT2D eigenvalue weighted by molar-refractivity contribution is 0.847. The molecule has 0 aliphatic rings. The Hall–Kier alpha value is -0.210. The summed E-state index contributed by atoms with van der Waals surface area (Å²) in [7, 11) is 1.94. The SMILES string of the molecule is Cc1cn(C)c(CCl)n1.Cl. The summed E-state index contributed by atoms with van der Waals surface area (Å²) in [5, 5.41) is 0. The molecule has 1 aromatic rings. The number of nitrogens with zero attached hydrogens (tertiary/aromatic N) is 2. The molecule has 0 saturated carbocycles. The van der Waals surface area contributed by atoms with E-state index in [0.29, 0.717) is 5.88 Å². The molecule has 1 rings (SSSR count). The van der Waals surface area contributed by atoms with E-state index in [0.717, 1.165) is 11.5 Å². The Balaban J connectivity index is 0.000000810. The molecule has 0 aromatic carbocycles. The molecule has 0 aliphatic heterocycles. The number of hydrogen-bond acceptors (Lipinski definition) is 1. The summed E-state index contributed by atoms with van der Waals surface area (Å²) in [6.45, 7) is 1.95. The molecule has 1 aromatic heterocycles. The van der Waals surface area contributed by atoms with Crippen LogP contribution < -0.4 is 0 Å². The number of hydrogen-bond donors (Lipinski definition) is 0. The molecule has 10 heavy (non-hydrogen) atoms. The molecule has 0 saturated heterocycles. The van der Waals surface area contributed by atoms with Gasteiger partial charge in [0.15, 0.2) is 0 Å². The van der Waals surface area contributed by atoms with Crippen LogP contribution in [0.3, 0.4) is 0 Å². The summed E-state index contributed by atoms with van der Waals surface area (Å²) in [6, 6.07) is 0. The third-order valence-corrected chi connectivity index (χ3v) is 1.45. The van der Waals surface area contributed by atoms with Crippen molar-refractivity contribution in [2.45, 2.75) is 12.8 Å². The summed E-state index contributed by atoms with van der Waals surface area (Å²) in [4.78, 5) is 4.16. The van der Waals surface area contributed by atoms with Crippen LogP contribution in [-0.2, 0) is 12.9 Å². The minimum Gasteiger partial charge on any atom is -0.337 e. The lowest BCUT2D eigenvalue weighted by Gasteiger charge is -1.91. The number of rotatable bonds is 1. The van der Waals surface area contributed by atoms with E-state index in [1.54, 1.807) is 0 Å². The maximum absolute atomic E-state index is 5.56. The van der Waals surface area contributed by atoms with Crippen LogP contribution in [0.2, 0.25) is 0 Å². The van der Waals surface area contributed by atoms with E-state index in [1.807, 2.05) is 24.7 Å². The van der Waals surface area contributed by atoms with Gasteiger partial charge in [0, 0.05) is 13.2 Å². The van der Waals surface area contributed by atoms with Crippen molar-refractivity contribution in [3.05, 3.63) is 17.7 Å². The monoisotopic (exact) mass is 180 g/mol. The van der Waals surface area contributed by atoms with Crippen LogP contribution in [0, 0.1) is 6.92 Å². The van der Waals surface area contributed by atoms with Crippen molar-refractivity contribution in [3.8, 4) is 0 Å². The second kappa shape index (κ2) is 3.84. The first-order valence-electron chi connectivity index (χ1n) is 2.79. The van der Waals surface area contributed by atoms with Gasteiger partial charge in [-0.3, -0.25) is 0 Å². The Morgan fingerprint density at radius 2 is 2.30 bits per heavy atom. The third kappa shape index (κ3) is 1.89. The van der Waals surface area contributed by atoms with Crippen LogP contribution in [0.5, 0.6) is 0 Å². The van der Waals surface area contributed by atoms with Gasteiger partial charge >= 0.3 is 0 Å². The first kappa shape index (κ1) is 9.79. The van der Waals surface area contributed by atoms with Gasteiger partial charge in [-0.1, -0.05) is 0 Å². The largest absolute Gasteiger partial charge is 0.337 e. The maximum atomic E-state index is 5.56. The number of aryl methyl sites for hydroxylation is 2. The standard InChI is InChI=1S/C6H9ClN2.ClH/c1-5-4-9(2)6(3-7)8-5;/h4H,3H2,1-2H3;1H. The van der Waals surface area contributed by atoms with Gasteiger partial charge in [-0.15, -0.1) is 24.0 Å². The van der Waals surface area contributed by atoms with E-state index in [-0.39, 0.29) is 12.4 Å². The fraction of sp³-hybridized carbons (Fsp3) is 0.500. The predicted octanol–water partition coefficient (Wildman–Crippen LogP) is 1.89. The molecule has 2 nitrogen and oxygen atoms in total. The highest BCUT2D eigenvalue weighted by Crippen LogP contribution is 2.01. The molecule has 0 aliphatic carbocycles. The van der Waals surface area contributed by atoms with E-state index < -0.39 is 0 Å². The van der Waals surface area contributed by atoms with Gasteiger partial charge in [-0.2, -0.15) is 0 Å². The number of alkyl halides is 1. The maximum Gasteiger partial charge on any atom is 0.123 e. The van der Waals surface area contributed by atoms with Crippen LogP contribution in [0.15, 0.2) is 6.20 Å². The highest BCUT2D eigenvalue weighted by Gasteiger charge is 1.97. The topological polar surface area (TPSA) is 17.8 Å². The van der Waals surface area contributed by atoms with E-state index in [1.165, 1.54) is 0 Å². The molecule has 0 fully saturated rings. The van der Waals surface area contributed by atoms with Crippen molar-refractivity contribution in [3.63, 3.8) is 0 Å². The van der Waals surface area contributed by atoms with E-state index in [9.17, 15) is 0 Å². The van der Waals surface area contributed by atoms with Crippen molar-refractivity contribution in [2.75, 3.05) is 0 Å². The van der Waals surface area contributed by atoms with Gasteiger partial charge in [-0.05, 0) is 6.92 Å². The van der Waals surface area contributed by atoms with Crippen molar-refractivity contribution >= 4 is 24.0 Å². The molecule has 4 heteroatoms. The quantitative estimate of drug-likeness (QED) is 0.605. The average molecular weight is 181 g/mol. The molecule has 1 heterocycles. The Labute approximate surface area is 71.6 Å². The molecule has 0 N–H and O–H groups in total. The lowest BCUT2D eigenvalue weighted by Crippen LogP contribution is -1.91. The zero-order valence-corrected chi connectivity index (χ0v) is 7.54. The van der Waals surface area contributed by atoms with Gasteiger partial charge in [-0.25, -0.2) is 4.98 Å². The Morgan fingerprint density at radius 3 is 2.50 bits per heavy atom. The highest BCUT2D eigenvalue weighted by atomic mass is 35.5. The molecule has 58 valence electrons. The molecular weight excluding hydrogens is 171 g/mol. The molecular formula is C6H10Cl2N2. The Morgan fingerprint density at radius 1 is 1.70 bits per heavy atom. The molecule has 0 radical (unpaired) electrons. The highest BCUT2D eigenvalue weighted by molar-refractivity contribution is 6.16. The summed E-state index contributed by atoms with van der Waals surface area (Å²) >= 11 is 5.56. The summed E-state index contributed by atoms with van der Waals surface area (Å²) in [5.74, 6) is 1.42. The van der Waals surface area contributed by atoms with E-state index >= 15 is 0 Å². The van der Waals surface area contributed by atoms with Crippen molar-refractivity contribution < 1.29 is 0 Å². The van der Waals surface area contributed by atoms with Crippen molar-refractivity contribution in [1.29, 1.82) is 0 Å². The number of aromatic nitrogens is 2. The number of halogens is 2. The Bertz CT molecular complexity index is 208. The third-order valence-electron chi connectivity index (χ3n) is 1.21. The normalized spacial score (nSPS) is 9.10. The summed E-state index contributed by atoms with van der Waals surface area (Å²) in [5.41, 5.74) is 1.02. The van der Waals surface area contributed by atoms with Gasteiger partial charge in [0.25, 0.3) is 0 Å². The van der Waals surface area contributed by atoms with Crippen LogP contribution in [0.4, 0.5) is 0 Å². The second-order valence-electron chi connectivity index (χ2n) is 2.04. The van der Waals surface area contributed by atoms with Gasteiger partial charge in [0.2, 0.25) is 0 Å². The minimum absolute atomic E-state index is 0. The fourth-order valence-corrected chi connectivity index (χ4v) is 1.04. The van der Waals surface area contributed by atoms with E-state index in [4.69, 9.17) is 11.6 Å².